The number of nitrogens with zero attached hydrogens (tertiary/aromatic N) is 1. The summed E-state index contributed by atoms with van der Waals surface area (Å²) in [4.78, 5) is 16.5. The number of methoxy groups -OCH3 is 1. The molecule has 1 atom stereocenters. The fourth-order valence-electron chi connectivity index (χ4n) is 2.90. The zero-order chi connectivity index (χ0) is 17.4. The van der Waals surface area contributed by atoms with Crippen molar-refractivity contribution in [3.8, 4) is 17.0 Å². The lowest BCUT2D eigenvalue weighted by Gasteiger charge is -2.08. The highest BCUT2D eigenvalue weighted by Gasteiger charge is 2.26. The van der Waals surface area contributed by atoms with Crippen molar-refractivity contribution >= 4 is 33.8 Å². The Balaban J connectivity index is 1.61. The largest absolute Gasteiger partial charge is 0.495 e. The van der Waals surface area contributed by atoms with Gasteiger partial charge in [-0.3, -0.25) is 4.79 Å². The first-order valence-electron chi connectivity index (χ1n) is 7.96. The normalized spacial score (nSPS) is 15.6. The van der Waals surface area contributed by atoms with Crippen molar-refractivity contribution in [2.45, 2.75) is 12.8 Å². The van der Waals surface area contributed by atoms with E-state index in [1.807, 2.05) is 54.8 Å². The Morgan fingerprint density at radius 3 is 2.92 bits per heavy atom. The van der Waals surface area contributed by atoms with Gasteiger partial charge >= 0.3 is 0 Å². The molecule has 0 saturated carbocycles. The van der Waals surface area contributed by atoms with Crippen molar-refractivity contribution < 1.29 is 9.53 Å². The molecule has 3 aromatic rings. The summed E-state index contributed by atoms with van der Waals surface area (Å²) in [6.45, 7) is 1.92. The molecule has 5 nitrogen and oxygen atoms in total. The number of thiazole rings is 1. The Labute approximate surface area is 149 Å². The number of hydrogen-bond donors (Lipinski definition) is 2. The number of para-hydroxylation sites is 2. The van der Waals surface area contributed by atoms with Crippen molar-refractivity contribution in [2.24, 2.45) is 0 Å². The Bertz CT molecular complexity index is 951. The van der Waals surface area contributed by atoms with Gasteiger partial charge in [-0.15, -0.1) is 11.3 Å². The van der Waals surface area contributed by atoms with E-state index in [2.05, 4.69) is 15.6 Å². The minimum atomic E-state index is -0.125. The summed E-state index contributed by atoms with van der Waals surface area (Å²) in [5.41, 5.74) is 4.69. The Morgan fingerprint density at radius 1 is 1.24 bits per heavy atom. The summed E-state index contributed by atoms with van der Waals surface area (Å²) in [6.07, 6.45) is 0. The molecule has 2 heterocycles. The molecule has 0 spiro atoms. The van der Waals surface area contributed by atoms with E-state index in [0.717, 1.165) is 39.1 Å². The summed E-state index contributed by atoms with van der Waals surface area (Å²) in [6, 6.07) is 13.7. The van der Waals surface area contributed by atoms with Crippen LogP contribution < -0.4 is 15.4 Å². The molecule has 1 aromatic heterocycles. The summed E-state index contributed by atoms with van der Waals surface area (Å²) in [7, 11) is 1.65. The molecule has 0 bridgehead atoms. The lowest BCUT2D eigenvalue weighted by Crippen LogP contribution is -2.08. The molecular formula is C19H17N3O2S. The lowest BCUT2D eigenvalue weighted by atomic mass is 10.00. The average molecular weight is 351 g/mol. The number of hydrogen-bond acceptors (Lipinski definition) is 5. The third kappa shape index (κ3) is 2.85. The third-order valence-electron chi connectivity index (χ3n) is 4.32. The predicted molar refractivity (Wildman–Crippen MR) is 101 cm³/mol. The van der Waals surface area contributed by atoms with Crippen LogP contribution in [0.5, 0.6) is 5.75 Å². The zero-order valence-corrected chi connectivity index (χ0v) is 14.7. The number of rotatable bonds is 4. The molecule has 0 saturated heterocycles. The zero-order valence-electron chi connectivity index (χ0n) is 13.9. The second-order valence-electron chi connectivity index (χ2n) is 5.88. The van der Waals surface area contributed by atoms with Crippen LogP contribution in [0, 0.1) is 0 Å². The van der Waals surface area contributed by atoms with Gasteiger partial charge in [-0.2, -0.15) is 0 Å². The molecule has 0 aliphatic carbocycles. The van der Waals surface area contributed by atoms with Gasteiger partial charge in [0, 0.05) is 16.6 Å². The van der Waals surface area contributed by atoms with Crippen LogP contribution in [0.25, 0.3) is 11.3 Å². The highest BCUT2D eigenvalue weighted by molar-refractivity contribution is 7.14. The predicted octanol–water partition coefficient (Wildman–Crippen LogP) is 4.62. The van der Waals surface area contributed by atoms with Gasteiger partial charge in [-0.25, -0.2) is 4.98 Å². The molecule has 0 unspecified atom stereocenters. The standard InChI is InChI=1S/C19H17N3O2S/c1-11-13-9-12(7-8-14(13)20-18(11)23)16-10-25-19(22-16)21-15-5-3-4-6-17(15)24-2/h3-11H,1-2H3,(H,20,23)(H,21,22)/t11-/m1/s1. The van der Waals surface area contributed by atoms with Crippen molar-refractivity contribution in [3.05, 3.63) is 53.4 Å². The summed E-state index contributed by atoms with van der Waals surface area (Å²) in [5, 5.41) is 8.99. The molecule has 2 aromatic carbocycles. The van der Waals surface area contributed by atoms with E-state index in [0.29, 0.717) is 0 Å². The second kappa shape index (κ2) is 6.22. The number of carbonyl (C=O) groups excluding carboxylic acids is 1. The number of fused-ring (bicyclic) bond motifs is 1. The minimum Gasteiger partial charge on any atom is -0.495 e. The molecule has 6 heteroatoms. The fraction of sp³-hybridized carbons (Fsp3) is 0.158. The summed E-state index contributed by atoms with van der Waals surface area (Å²) >= 11 is 1.53. The molecule has 1 aliphatic heterocycles. The highest BCUT2D eigenvalue weighted by Crippen LogP contribution is 2.36. The van der Waals surface area contributed by atoms with Crippen LogP contribution in [0.1, 0.15) is 18.4 Å². The molecule has 1 aliphatic rings. The number of anilines is 3. The number of aromatic nitrogens is 1. The van der Waals surface area contributed by atoms with Crippen LogP contribution in [-0.2, 0) is 4.79 Å². The van der Waals surface area contributed by atoms with E-state index in [1.54, 1.807) is 7.11 Å². The van der Waals surface area contributed by atoms with E-state index in [4.69, 9.17) is 4.74 Å². The van der Waals surface area contributed by atoms with Crippen molar-refractivity contribution in [1.29, 1.82) is 0 Å². The van der Waals surface area contributed by atoms with Gasteiger partial charge in [-0.05, 0) is 36.8 Å². The molecule has 0 radical (unpaired) electrons. The van der Waals surface area contributed by atoms with Gasteiger partial charge in [0.15, 0.2) is 5.13 Å². The highest BCUT2D eigenvalue weighted by atomic mass is 32.1. The molecule has 1 amide bonds. The van der Waals surface area contributed by atoms with Crippen LogP contribution >= 0.6 is 11.3 Å². The average Bonchev–Trinajstić information content (AvgIpc) is 3.20. The van der Waals surface area contributed by atoms with E-state index in [-0.39, 0.29) is 11.8 Å². The minimum absolute atomic E-state index is 0.0453. The van der Waals surface area contributed by atoms with E-state index in [9.17, 15) is 4.79 Å². The molecule has 126 valence electrons. The Kier molecular flexibility index (Phi) is 3.89. The van der Waals surface area contributed by atoms with Gasteiger partial charge in [0.1, 0.15) is 5.75 Å². The first-order valence-corrected chi connectivity index (χ1v) is 8.84. The maximum atomic E-state index is 11.8. The molecule has 4 rings (SSSR count). The van der Waals surface area contributed by atoms with E-state index >= 15 is 0 Å². The number of carbonyl (C=O) groups is 1. The van der Waals surface area contributed by atoms with Gasteiger partial charge in [-0.1, -0.05) is 18.2 Å². The van der Waals surface area contributed by atoms with E-state index < -0.39 is 0 Å². The Morgan fingerprint density at radius 2 is 2.08 bits per heavy atom. The summed E-state index contributed by atoms with van der Waals surface area (Å²) < 4.78 is 5.36. The van der Waals surface area contributed by atoms with Gasteiger partial charge in [0.05, 0.1) is 24.4 Å². The lowest BCUT2D eigenvalue weighted by molar-refractivity contribution is -0.116. The van der Waals surface area contributed by atoms with E-state index in [1.165, 1.54) is 11.3 Å². The van der Waals surface area contributed by atoms with Gasteiger partial charge < -0.3 is 15.4 Å². The van der Waals surface area contributed by atoms with Crippen LogP contribution in [0.2, 0.25) is 0 Å². The molecular weight excluding hydrogens is 334 g/mol. The maximum Gasteiger partial charge on any atom is 0.231 e. The number of benzene rings is 2. The number of amides is 1. The first-order chi connectivity index (χ1) is 12.2. The summed E-state index contributed by atoms with van der Waals surface area (Å²) in [5.74, 6) is 0.693. The van der Waals surface area contributed by atoms with Crippen LogP contribution in [0.3, 0.4) is 0 Å². The van der Waals surface area contributed by atoms with Crippen LogP contribution in [-0.4, -0.2) is 18.0 Å². The number of ether oxygens (including phenoxy) is 1. The van der Waals surface area contributed by atoms with Crippen molar-refractivity contribution in [3.63, 3.8) is 0 Å². The topological polar surface area (TPSA) is 63.2 Å². The second-order valence-corrected chi connectivity index (χ2v) is 6.73. The maximum absolute atomic E-state index is 11.8. The SMILES string of the molecule is COc1ccccc1Nc1nc(-c2ccc3c(c2)[C@@H](C)C(=O)N3)cs1. The van der Waals surface area contributed by atoms with Gasteiger partial charge in [0.25, 0.3) is 0 Å². The molecule has 0 fully saturated rings. The molecule has 25 heavy (non-hydrogen) atoms. The van der Waals surface area contributed by atoms with Crippen molar-refractivity contribution in [1.82, 2.24) is 4.98 Å². The fourth-order valence-corrected chi connectivity index (χ4v) is 3.64. The third-order valence-corrected chi connectivity index (χ3v) is 5.08. The quantitative estimate of drug-likeness (QED) is 0.720. The van der Waals surface area contributed by atoms with Crippen LogP contribution in [0.15, 0.2) is 47.8 Å². The molecule has 2 N–H and O–H groups in total. The monoisotopic (exact) mass is 351 g/mol. The van der Waals surface area contributed by atoms with Gasteiger partial charge in [0.2, 0.25) is 5.91 Å². The van der Waals surface area contributed by atoms with Crippen molar-refractivity contribution in [2.75, 3.05) is 17.7 Å². The first kappa shape index (κ1) is 15.7. The Hall–Kier alpha value is -2.86. The van der Waals surface area contributed by atoms with Crippen LogP contribution in [0.4, 0.5) is 16.5 Å². The smallest absolute Gasteiger partial charge is 0.231 e. The number of nitrogens with one attached hydrogen (secondary N) is 2.